The van der Waals surface area contributed by atoms with Crippen molar-refractivity contribution in [3.63, 3.8) is 0 Å². The largest absolute Gasteiger partial charge is 0.357 e. The Kier molecular flexibility index (Phi) is 9.07. The van der Waals surface area contributed by atoms with Crippen molar-refractivity contribution in [2.24, 2.45) is 0 Å². The number of hydrogen-bond acceptors (Lipinski definition) is 4. The predicted molar refractivity (Wildman–Crippen MR) is 129 cm³/mol. The normalized spacial score (nSPS) is 12.2. The van der Waals surface area contributed by atoms with Gasteiger partial charge in [0, 0.05) is 33.7 Å². The van der Waals surface area contributed by atoms with E-state index in [0.29, 0.717) is 15.6 Å². The quantitative estimate of drug-likeness (QED) is 0.542. The molecular formula is C20H21Cl4N3O4S. The zero-order valence-electron chi connectivity index (χ0n) is 17.4. The lowest BCUT2D eigenvalue weighted by molar-refractivity contribution is -0.139. The molecule has 1 atom stereocenters. The molecule has 0 aromatic heterocycles. The number of hydrogen-bond donors (Lipinski definition) is 1. The molecule has 12 heteroatoms. The highest BCUT2D eigenvalue weighted by atomic mass is 35.5. The Labute approximate surface area is 207 Å². The van der Waals surface area contributed by atoms with Crippen LogP contribution in [0.1, 0.15) is 12.5 Å². The molecule has 0 heterocycles. The van der Waals surface area contributed by atoms with Crippen LogP contribution < -0.4 is 9.62 Å². The van der Waals surface area contributed by atoms with Gasteiger partial charge in [0.15, 0.2) is 0 Å². The van der Waals surface area contributed by atoms with E-state index in [9.17, 15) is 18.0 Å². The van der Waals surface area contributed by atoms with E-state index in [1.165, 1.54) is 43.1 Å². The first kappa shape index (κ1) is 26.5. The molecule has 2 rings (SSSR count). The van der Waals surface area contributed by atoms with Gasteiger partial charge in [0.05, 0.1) is 11.9 Å². The molecule has 0 bridgehead atoms. The Morgan fingerprint density at radius 1 is 1.00 bits per heavy atom. The number of anilines is 1. The molecular weight excluding hydrogens is 520 g/mol. The number of rotatable bonds is 8. The number of carbonyl (C=O) groups is 2. The number of nitrogens with zero attached hydrogens (tertiary/aromatic N) is 2. The van der Waals surface area contributed by atoms with E-state index in [1.54, 1.807) is 12.1 Å². The van der Waals surface area contributed by atoms with Gasteiger partial charge in [-0.3, -0.25) is 13.9 Å². The molecule has 0 radical (unpaired) electrons. The molecule has 0 aliphatic heterocycles. The fourth-order valence-electron chi connectivity index (χ4n) is 2.92. The molecule has 2 amide bonds. The first-order valence-corrected chi connectivity index (χ1v) is 12.6. The molecule has 0 spiro atoms. The van der Waals surface area contributed by atoms with Crippen LogP contribution in [0.3, 0.4) is 0 Å². The first-order chi connectivity index (χ1) is 14.8. The van der Waals surface area contributed by atoms with Gasteiger partial charge < -0.3 is 10.2 Å². The van der Waals surface area contributed by atoms with Crippen molar-refractivity contribution < 1.29 is 18.0 Å². The highest BCUT2D eigenvalue weighted by Crippen LogP contribution is 2.28. The van der Waals surface area contributed by atoms with Gasteiger partial charge in [-0.2, -0.15) is 0 Å². The van der Waals surface area contributed by atoms with Crippen LogP contribution in [0.5, 0.6) is 0 Å². The second kappa shape index (κ2) is 10.9. The minimum Gasteiger partial charge on any atom is -0.357 e. The van der Waals surface area contributed by atoms with E-state index in [0.717, 1.165) is 10.6 Å². The van der Waals surface area contributed by atoms with Gasteiger partial charge in [-0.25, -0.2) is 8.42 Å². The summed E-state index contributed by atoms with van der Waals surface area (Å²) < 4.78 is 25.8. The summed E-state index contributed by atoms with van der Waals surface area (Å²) in [5, 5.41) is 3.62. The zero-order chi connectivity index (χ0) is 24.2. The summed E-state index contributed by atoms with van der Waals surface area (Å²) in [4.78, 5) is 26.8. The van der Waals surface area contributed by atoms with Crippen LogP contribution in [-0.4, -0.2) is 51.0 Å². The van der Waals surface area contributed by atoms with E-state index >= 15 is 0 Å². The van der Waals surface area contributed by atoms with Gasteiger partial charge in [-0.1, -0.05) is 52.5 Å². The van der Waals surface area contributed by atoms with E-state index in [4.69, 9.17) is 46.4 Å². The molecule has 2 aromatic rings. The van der Waals surface area contributed by atoms with Crippen molar-refractivity contribution in [1.29, 1.82) is 0 Å². The molecule has 0 aliphatic carbocycles. The summed E-state index contributed by atoms with van der Waals surface area (Å²) in [6.45, 7) is 0.904. The van der Waals surface area contributed by atoms with E-state index < -0.39 is 34.4 Å². The molecule has 174 valence electrons. The van der Waals surface area contributed by atoms with Crippen molar-refractivity contribution >= 4 is 73.9 Å². The average molecular weight is 541 g/mol. The number of likely N-dealkylation sites (N-methyl/N-ethyl adjacent to an activating group) is 1. The lowest BCUT2D eigenvalue weighted by Crippen LogP contribution is -2.50. The fraction of sp³-hybridized carbons (Fsp3) is 0.300. The summed E-state index contributed by atoms with van der Waals surface area (Å²) in [5.41, 5.74) is 0.660. The predicted octanol–water partition coefficient (Wildman–Crippen LogP) is 4.23. The SMILES string of the molecule is CNC(=O)C(C)N(Cc1ccc(Cl)cc1Cl)C(=O)CN(c1cc(Cl)cc(Cl)c1)S(C)(=O)=O. The lowest BCUT2D eigenvalue weighted by atomic mass is 10.1. The third-order valence-electron chi connectivity index (χ3n) is 4.58. The summed E-state index contributed by atoms with van der Waals surface area (Å²) in [5.74, 6) is -1.06. The van der Waals surface area contributed by atoms with Crippen molar-refractivity contribution in [3.8, 4) is 0 Å². The van der Waals surface area contributed by atoms with Crippen LogP contribution in [-0.2, 0) is 26.2 Å². The third-order valence-corrected chi connectivity index (χ3v) is 6.75. The highest BCUT2D eigenvalue weighted by molar-refractivity contribution is 7.92. The molecule has 1 N–H and O–H groups in total. The maximum atomic E-state index is 13.3. The smallest absolute Gasteiger partial charge is 0.244 e. The van der Waals surface area contributed by atoms with E-state index in [2.05, 4.69) is 5.32 Å². The standard InChI is InChI=1S/C20H21Cl4N3O4S/c1-12(20(29)25-2)26(10-13-4-5-14(21)9-18(13)24)19(28)11-27(32(3,30)31)17-7-15(22)6-16(23)8-17/h4-9,12H,10-11H2,1-3H3,(H,25,29). The second-order valence-corrected chi connectivity index (χ2v) is 10.6. The molecule has 7 nitrogen and oxygen atoms in total. The minimum atomic E-state index is -3.89. The first-order valence-electron chi connectivity index (χ1n) is 9.22. The lowest BCUT2D eigenvalue weighted by Gasteiger charge is -2.31. The van der Waals surface area contributed by atoms with Gasteiger partial charge in [-0.15, -0.1) is 0 Å². The number of halogens is 4. The summed E-state index contributed by atoms with van der Waals surface area (Å²) in [7, 11) is -2.46. The number of benzene rings is 2. The van der Waals surface area contributed by atoms with Crippen molar-refractivity contribution in [3.05, 3.63) is 62.1 Å². The number of sulfonamides is 1. The summed E-state index contributed by atoms with van der Waals surface area (Å²) >= 11 is 24.2. The molecule has 1 unspecified atom stereocenters. The van der Waals surface area contributed by atoms with Crippen LogP contribution >= 0.6 is 46.4 Å². The van der Waals surface area contributed by atoms with Gasteiger partial charge in [0.25, 0.3) is 0 Å². The summed E-state index contributed by atoms with van der Waals surface area (Å²) in [6.07, 6.45) is 0.956. The molecule has 0 saturated carbocycles. The number of amides is 2. The molecule has 0 aliphatic rings. The van der Waals surface area contributed by atoms with Crippen molar-refractivity contribution in [2.75, 3.05) is 24.2 Å². The van der Waals surface area contributed by atoms with Crippen LogP contribution in [0.25, 0.3) is 0 Å². The Hall–Kier alpha value is -1.71. The van der Waals surface area contributed by atoms with Crippen molar-refractivity contribution in [2.45, 2.75) is 19.5 Å². The van der Waals surface area contributed by atoms with Gasteiger partial charge in [0.2, 0.25) is 21.8 Å². The van der Waals surface area contributed by atoms with Crippen LogP contribution in [0.2, 0.25) is 20.1 Å². The zero-order valence-corrected chi connectivity index (χ0v) is 21.2. The maximum absolute atomic E-state index is 13.3. The second-order valence-electron chi connectivity index (χ2n) is 6.94. The molecule has 0 saturated heterocycles. The van der Waals surface area contributed by atoms with Crippen LogP contribution in [0.4, 0.5) is 5.69 Å². The molecule has 0 fully saturated rings. The highest BCUT2D eigenvalue weighted by Gasteiger charge is 2.30. The minimum absolute atomic E-state index is 0.0443. The molecule has 32 heavy (non-hydrogen) atoms. The summed E-state index contributed by atoms with van der Waals surface area (Å²) in [6, 6.07) is 8.04. The number of nitrogens with one attached hydrogen (secondary N) is 1. The van der Waals surface area contributed by atoms with Crippen LogP contribution in [0, 0.1) is 0 Å². The maximum Gasteiger partial charge on any atom is 0.244 e. The fourth-order valence-corrected chi connectivity index (χ4v) is 4.74. The van der Waals surface area contributed by atoms with Gasteiger partial charge in [-0.05, 0) is 42.8 Å². The Balaban J connectivity index is 2.44. The Morgan fingerprint density at radius 2 is 1.59 bits per heavy atom. The van der Waals surface area contributed by atoms with E-state index in [-0.39, 0.29) is 22.3 Å². The monoisotopic (exact) mass is 539 g/mol. The Bertz CT molecular complexity index is 1110. The molecule has 2 aromatic carbocycles. The third kappa shape index (κ3) is 6.89. The van der Waals surface area contributed by atoms with Gasteiger partial charge in [0.1, 0.15) is 12.6 Å². The number of carbonyl (C=O) groups excluding carboxylic acids is 2. The average Bonchev–Trinajstić information content (AvgIpc) is 2.68. The topological polar surface area (TPSA) is 86.8 Å². The van der Waals surface area contributed by atoms with E-state index in [1.807, 2.05) is 0 Å². The van der Waals surface area contributed by atoms with Gasteiger partial charge >= 0.3 is 0 Å². The van der Waals surface area contributed by atoms with Crippen LogP contribution in [0.15, 0.2) is 36.4 Å². The van der Waals surface area contributed by atoms with Crippen molar-refractivity contribution in [1.82, 2.24) is 10.2 Å². The Morgan fingerprint density at radius 3 is 2.09 bits per heavy atom.